The molecule has 0 aromatic carbocycles. The molecule has 3 aromatic heterocycles. The summed E-state index contributed by atoms with van der Waals surface area (Å²) in [6, 6.07) is 6.81. The van der Waals surface area contributed by atoms with E-state index in [1.807, 2.05) is 12.1 Å². The summed E-state index contributed by atoms with van der Waals surface area (Å²) in [6.07, 6.45) is 6.30. The Morgan fingerprint density at radius 1 is 1.15 bits per heavy atom. The van der Waals surface area contributed by atoms with Crippen molar-refractivity contribution in [3.8, 4) is 17.1 Å². The van der Waals surface area contributed by atoms with Crippen molar-refractivity contribution in [2.24, 2.45) is 0 Å². The highest BCUT2D eigenvalue weighted by Gasteiger charge is 2.09. The normalized spacial score (nSPS) is 10.4. The van der Waals surface area contributed by atoms with Crippen molar-refractivity contribution in [3.63, 3.8) is 0 Å². The Hall–Kier alpha value is -3.09. The SMILES string of the molecule is O=C(O)c1ccn(-c2cc(-c3ccncc3)ncn2)n1. The van der Waals surface area contributed by atoms with E-state index in [0.717, 1.165) is 5.56 Å². The van der Waals surface area contributed by atoms with E-state index in [1.54, 1.807) is 24.7 Å². The van der Waals surface area contributed by atoms with E-state index in [9.17, 15) is 4.79 Å². The van der Waals surface area contributed by atoms with Gasteiger partial charge in [0.1, 0.15) is 6.33 Å². The fourth-order valence-corrected chi connectivity index (χ4v) is 1.72. The Balaban J connectivity index is 2.01. The number of nitrogens with zero attached hydrogens (tertiary/aromatic N) is 5. The number of hydrogen-bond acceptors (Lipinski definition) is 5. The van der Waals surface area contributed by atoms with Gasteiger partial charge in [0, 0.05) is 30.2 Å². The molecule has 0 radical (unpaired) electrons. The highest BCUT2D eigenvalue weighted by atomic mass is 16.4. The number of rotatable bonds is 3. The third-order valence-corrected chi connectivity index (χ3v) is 2.67. The molecule has 20 heavy (non-hydrogen) atoms. The summed E-state index contributed by atoms with van der Waals surface area (Å²) in [7, 11) is 0. The molecule has 3 rings (SSSR count). The molecule has 0 aliphatic carbocycles. The molecular formula is C13H9N5O2. The topological polar surface area (TPSA) is 93.8 Å². The van der Waals surface area contributed by atoms with Crippen LogP contribution in [-0.2, 0) is 0 Å². The van der Waals surface area contributed by atoms with Gasteiger partial charge in [-0.2, -0.15) is 5.10 Å². The summed E-state index contributed by atoms with van der Waals surface area (Å²) in [5.41, 5.74) is 1.58. The van der Waals surface area contributed by atoms with Gasteiger partial charge in [-0.1, -0.05) is 0 Å². The van der Waals surface area contributed by atoms with Crippen molar-refractivity contribution in [2.45, 2.75) is 0 Å². The summed E-state index contributed by atoms with van der Waals surface area (Å²) in [6.45, 7) is 0. The molecule has 0 unspecified atom stereocenters. The lowest BCUT2D eigenvalue weighted by Gasteiger charge is -2.03. The summed E-state index contributed by atoms with van der Waals surface area (Å²) < 4.78 is 1.40. The van der Waals surface area contributed by atoms with Crippen LogP contribution in [0.3, 0.4) is 0 Å². The molecule has 0 fully saturated rings. The first-order chi connectivity index (χ1) is 9.74. The average molecular weight is 267 g/mol. The monoisotopic (exact) mass is 267 g/mol. The van der Waals surface area contributed by atoms with Crippen LogP contribution in [0.5, 0.6) is 0 Å². The molecule has 7 nitrogen and oxygen atoms in total. The van der Waals surface area contributed by atoms with Gasteiger partial charge in [0.05, 0.1) is 5.69 Å². The van der Waals surface area contributed by atoms with Gasteiger partial charge >= 0.3 is 5.97 Å². The number of aromatic carboxylic acids is 1. The van der Waals surface area contributed by atoms with Gasteiger partial charge in [-0.25, -0.2) is 19.4 Å². The Labute approximate surface area is 113 Å². The van der Waals surface area contributed by atoms with Crippen molar-refractivity contribution in [3.05, 3.63) is 54.9 Å². The predicted octanol–water partition coefficient (Wildman–Crippen LogP) is 1.42. The molecule has 7 heteroatoms. The minimum absolute atomic E-state index is 0.0333. The maximum absolute atomic E-state index is 10.8. The van der Waals surface area contributed by atoms with E-state index in [2.05, 4.69) is 20.1 Å². The third-order valence-electron chi connectivity index (χ3n) is 2.67. The molecule has 0 saturated heterocycles. The fraction of sp³-hybridized carbons (Fsp3) is 0. The summed E-state index contributed by atoms with van der Waals surface area (Å²) >= 11 is 0. The first kappa shape index (κ1) is 12.0. The second-order valence-electron chi connectivity index (χ2n) is 3.95. The van der Waals surface area contributed by atoms with Gasteiger partial charge < -0.3 is 5.11 Å². The smallest absolute Gasteiger partial charge is 0.356 e. The Bertz CT molecular complexity index is 754. The van der Waals surface area contributed by atoms with Crippen molar-refractivity contribution in [1.82, 2.24) is 24.7 Å². The van der Waals surface area contributed by atoms with Gasteiger partial charge in [-0.15, -0.1) is 0 Å². The van der Waals surface area contributed by atoms with Crippen LogP contribution in [0.1, 0.15) is 10.5 Å². The lowest BCUT2D eigenvalue weighted by atomic mass is 10.2. The first-order valence-electron chi connectivity index (χ1n) is 5.76. The maximum atomic E-state index is 10.8. The van der Waals surface area contributed by atoms with Crippen molar-refractivity contribution in [2.75, 3.05) is 0 Å². The van der Waals surface area contributed by atoms with E-state index >= 15 is 0 Å². The van der Waals surface area contributed by atoms with E-state index < -0.39 is 5.97 Å². The Morgan fingerprint density at radius 3 is 2.65 bits per heavy atom. The van der Waals surface area contributed by atoms with Crippen molar-refractivity contribution >= 4 is 5.97 Å². The molecule has 0 bridgehead atoms. The van der Waals surface area contributed by atoms with E-state index in [1.165, 1.54) is 17.1 Å². The van der Waals surface area contributed by atoms with E-state index in [4.69, 9.17) is 5.11 Å². The van der Waals surface area contributed by atoms with Crippen LogP contribution in [0.4, 0.5) is 0 Å². The van der Waals surface area contributed by atoms with Crippen LogP contribution in [-0.4, -0.2) is 35.8 Å². The molecule has 3 aromatic rings. The molecule has 98 valence electrons. The standard InChI is InChI=1S/C13H9N5O2/c19-13(20)10-3-6-18(17-10)12-7-11(15-8-16-12)9-1-4-14-5-2-9/h1-8H,(H,19,20). The van der Waals surface area contributed by atoms with Crippen LogP contribution >= 0.6 is 0 Å². The zero-order chi connectivity index (χ0) is 13.9. The Morgan fingerprint density at radius 2 is 1.95 bits per heavy atom. The zero-order valence-corrected chi connectivity index (χ0v) is 10.2. The minimum atomic E-state index is -1.08. The maximum Gasteiger partial charge on any atom is 0.356 e. The lowest BCUT2D eigenvalue weighted by Crippen LogP contribution is -2.03. The predicted molar refractivity (Wildman–Crippen MR) is 69.3 cm³/mol. The Kier molecular flexibility index (Phi) is 2.92. The molecular weight excluding hydrogens is 258 g/mol. The number of carbonyl (C=O) groups is 1. The fourth-order valence-electron chi connectivity index (χ4n) is 1.72. The number of hydrogen-bond donors (Lipinski definition) is 1. The molecule has 0 spiro atoms. The summed E-state index contributed by atoms with van der Waals surface area (Å²) in [5, 5.41) is 12.8. The van der Waals surface area contributed by atoms with Crippen molar-refractivity contribution < 1.29 is 9.90 Å². The molecule has 0 aliphatic rings. The average Bonchev–Trinajstić information content (AvgIpc) is 2.98. The minimum Gasteiger partial charge on any atom is -0.476 e. The van der Waals surface area contributed by atoms with E-state index in [-0.39, 0.29) is 5.69 Å². The largest absolute Gasteiger partial charge is 0.476 e. The molecule has 0 saturated carbocycles. The molecule has 1 N–H and O–H groups in total. The molecule has 3 heterocycles. The number of carboxylic acids is 1. The number of carboxylic acid groups (broad SMARTS) is 1. The summed E-state index contributed by atoms with van der Waals surface area (Å²) in [5.74, 6) is -0.577. The summed E-state index contributed by atoms with van der Waals surface area (Å²) in [4.78, 5) is 23.0. The zero-order valence-electron chi connectivity index (χ0n) is 10.2. The first-order valence-corrected chi connectivity index (χ1v) is 5.76. The van der Waals surface area contributed by atoms with Gasteiger partial charge in [0.2, 0.25) is 0 Å². The lowest BCUT2D eigenvalue weighted by molar-refractivity contribution is 0.0690. The second-order valence-corrected chi connectivity index (χ2v) is 3.95. The van der Waals surface area contributed by atoms with Gasteiger partial charge in [0.15, 0.2) is 11.5 Å². The highest BCUT2D eigenvalue weighted by molar-refractivity contribution is 5.85. The highest BCUT2D eigenvalue weighted by Crippen LogP contribution is 2.17. The quantitative estimate of drug-likeness (QED) is 0.771. The molecule has 0 aliphatic heterocycles. The molecule has 0 amide bonds. The molecule has 0 atom stereocenters. The number of aromatic nitrogens is 5. The second kappa shape index (κ2) is 4.88. The van der Waals surface area contributed by atoms with Crippen LogP contribution in [0.15, 0.2) is 49.2 Å². The van der Waals surface area contributed by atoms with Gasteiger partial charge in [0.25, 0.3) is 0 Å². The third kappa shape index (κ3) is 2.24. The van der Waals surface area contributed by atoms with E-state index in [0.29, 0.717) is 11.5 Å². The van der Waals surface area contributed by atoms with Crippen LogP contribution in [0, 0.1) is 0 Å². The number of pyridine rings is 1. The van der Waals surface area contributed by atoms with Crippen LogP contribution in [0.25, 0.3) is 17.1 Å². The van der Waals surface area contributed by atoms with Crippen molar-refractivity contribution in [1.29, 1.82) is 0 Å². The van der Waals surface area contributed by atoms with Crippen LogP contribution in [0.2, 0.25) is 0 Å². The van der Waals surface area contributed by atoms with Crippen LogP contribution < -0.4 is 0 Å². The van der Waals surface area contributed by atoms with Gasteiger partial charge in [-0.05, 0) is 18.2 Å². The van der Waals surface area contributed by atoms with Gasteiger partial charge in [-0.3, -0.25) is 4.98 Å².